The van der Waals surface area contributed by atoms with Gasteiger partial charge in [0.25, 0.3) is 5.56 Å². The van der Waals surface area contributed by atoms with Crippen LogP contribution in [0.1, 0.15) is 12.0 Å². The molecule has 1 heterocycles. The molecule has 0 fully saturated rings. The van der Waals surface area contributed by atoms with Crippen molar-refractivity contribution in [1.29, 1.82) is 0 Å². The molecular formula is C22H22ClN3O4. The standard InChI is InChI=1S/C22H22ClN3O4/c23-20-19(17-10-5-2-6-11-17)26(22(29)21(25-20)24-12-7-13-27)14-18(28)30-15-16-8-3-1-4-9-16/h1-6,8-11,27H,7,12-15H2,(H,24,25). The van der Waals surface area contributed by atoms with Crippen LogP contribution in [0.25, 0.3) is 11.3 Å². The zero-order chi connectivity index (χ0) is 21.3. The van der Waals surface area contributed by atoms with Crippen LogP contribution in [0, 0.1) is 0 Å². The summed E-state index contributed by atoms with van der Waals surface area (Å²) in [6.45, 7) is 0.114. The van der Waals surface area contributed by atoms with Gasteiger partial charge in [-0.25, -0.2) is 4.98 Å². The fraction of sp³-hybridized carbons (Fsp3) is 0.227. The summed E-state index contributed by atoms with van der Waals surface area (Å²) < 4.78 is 6.60. The molecule has 0 aliphatic heterocycles. The number of aliphatic hydroxyl groups is 1. The van der Waals surface area contributed by atoms with Crippen LogP contribution < -0.4 is 10.9 Å². The fourth-order valence-corrected chi connectivity index (χ4v) is 3.17. The minimum Gasteiger partial charge on any atom is -0.459 e. The first-order valence-corrected chi connectivity index (χ1v) is 9.88. The molecule has 2 aromatic carbocycles. The molecule has 1 aromatic heterocycles. The first-order valence-electron chi connectivity index (χ1n) is 9.50. The number of hydrogen-bond acceptors (Lipinski definition) is 6. The minimum atomic E-state index is -0.568. The van der Waals surface area contributed by atoms with E-state index in [1.54, 1.807) is 12.1 Å². The van der Waals surface area contributed by atoms with Crippen molar-refractivity contribution in [2.75, 3.05) is 18.5 Å². The van der Waals surface area contributed by atoms with Gasteiger partial charge >= 0.3 is 5.97 Å². The average molecular weight is 428 g/mol. The van der Waals surface area contributed by atoms with Crippen molar-refractivity contribution in [3.8, 4) is 11.3 Å². The van der Waals surface area contributed by atoms with E-state index in [9.17, 15) is 9.59 Å². The van der Waals surface area contributed by atoms with E-state index in [-0.39, 0.29) is 30.7 Å². The van der Waals surface area contributed by atoms with Gasteiger partial charge in [0.2, 0.25) is 0 Å². The molecule has 2 N–H and O–H groups in total. The molecular weight excluding hydrogens is 406 g/mol. The third kappa shape index (κ3) is 5.46. The Hall–Kier alpha value is -3.16. The second-order valence-corrected chi connectivity index (χ2v) is 6.87. The second-order valence-electron chi connectivity index (χ2n) is 6.51. The number of carbonyl (C=O) groups excluding carboxylic acids is 1. The predicted octanol–water partition coefficient (Wildman–Crippen LogP) is 3.10. The van der Waals surface area contributed by atoms with Crippen LogP contribution in [0.5, 0.6) is 0 Å². The smallest absolute Gasteiger partial charge is 0.326 e. The Morgan fingerprint density at radius 3 is 2.43 bits per heavy atom. The molecule has 0 saturated heterocycles. The van der Waals surface area contributed by atoms with Crippen LogP contribution in [0.3, 0.4) is 0 Å². The third-order valence-electron chi connectivity index (χ3n) is 4.33. The summed E-state index contributed by atoms with van der Waals surface area (Å²) in [4.78, 5) is 29.7. The van der Waals surface area contributed by atoms with E-state index in [0.29, 0.717) is 24.2 Å². The highest BCUT2D eigenvalue weighted by molar-refractivity contribution is 6.32. The van der Waals surface area contributed by atoms with Gasteiger partial charge < -0.3 is 15.2 Å². The summed E-state index contributed by atoms with van der Waals surface area (Å²) in [5.74, 6) is -0.550. The summed E-state index contributed by atoms with van der Waals surface area (Å²) >= 11 is 6.40. The molecule has 0 unspecified atom stereocenters. The highest BCUT2D eigenvalue weighted by Crippen LogP contribution is 2.26. The number of benzene rings is 2. The lowest BCUT2D eigenvalue weighted by molar-refractivity contribution is -0.145. The van der Waals surface area contributed by atoms with Gasteiger partial charge in [0, 0.05) is 18.7 Å². The van der Waals surface area contributed by atoms with E-state index < -0.39 is 11.5 Å². The molecule has 0 radical (unpaired) electrons. The van der Waals surface area contributed by atoms with Crippen molar-refractivity contribution in [3.05, 3.63) is 81.7 Å². The van der Waals surface area contributed by atoms with E-state index in [1.165, 1.54) is 4.57 Å². The molecule has 0 saturated carbocycles. The van der Waals surface area contributed by atoms with Gasteiger partial charge in [-0.2, -0.15) is 0 Å². The maximum Gasteiger partial charge on any atom is 0.326 e. The molecule has 0 amide bonds. The lowest BCUT2D eigenvalue weighted by Crippen LogP contribution is -2.30. The number of halogens is 1. The van der Waals surface area contributed by atoms with Crippen LogP contribution in [0.4, 0.5) is 5.82 Å². The molecule has 0 aliphatic carbocycles. The van der Waals surface area contributed by atoms with Crippen LogP contribution in [0.2, 0.25) is 5.15 Å². The van der Waals surface area contributed by atoms with E-state index in [4.69, 9.17) is 21.4 Å². The van der Waals surface area contributed by atoms with Gasteiger partial charge in [0.05, 0.1) is 5.69 Å². The maximum atomic E-state index is 13.0. The zero-order valence-electron chi connectivity index (χ0n) is 16.3. The van der Waals surface area contributed by atoms with Crippen molar-refractivity contribution < 1.29 is 14.6 Å². The van der Waals surface area contributed by atoms with E-state index in [1.807, 2.05) is 48.5 Å². The van der Waals surface area contributed by atoms with E-state index >= 15 is 0 Å². The number of hydrogen-bond donors (Lipinski definition) is 2. The summed E-state index contributed by atoms with van der Waals surface area (Å²) in [5.41, 5.74) is 1.35. The van der Waals surface area contributed by atoms with Crippen LogP contribution in [0.15, 0.2) is 65.5 Å². The Kier molecular flexibility index (Phi) is 7.59. The highest BCUT2D eigenvalue weighted by Gasteiger charge is 2.19. The van der Waals surface area contributed by atoms with E-state index in [2.05, 4.69) is 10.3 Å². The lowest BCUT2D eigenvalue weighted by atomic mass is 10.1. The number of ether oxygens (including phenoxy) is 1. The number of esters is 1. The predicted molar refractivity (Wildman–Crippen MR) is 115 cm³/mol. The molecule has 0 atom stereocenters. The number of aliphatic hydroxyl groups excluding tert-OH is 1. The van der Waals surface area contributed by atoms with Gasteiger partial charge in [-0.3, -0.25) is 14.2 Å². The summed E-state index contributed by atoms with van der Waals surface area (Å²) in [6.07, 6.45) is 0.443. The Labute approximate surface area is 178 Å². The van der Waals surface area contributed by atoms with Gasteiger partial charge in [-0.15, -0.1) is 0 Å². The number of nitrogens with zero attached hydrogens (tertiary/aromatic N) is 2. The maximum absolute atomic E-state index is 13.0. The Bertz CT molecular complexity index is 1040. The molecule has 0 aliphatic rings. The lowest BCUT2D eigenvalue weighted by Gasteiger charge is -2.16. The molecule has 30 heavy (non-hydrogen) atoms. The monoisotopic (exact) mass is 427 g/mol. The van der Waals surface area contributed by atoms with Crippen LogP contribution in [-0.4, -0.2) is 33.8 Å². The van der Waals surface area contributed by atoms with Gasteiger partial charge in [0.15, 0.2) is 11.0 Å². The van der Waals surface area contributed by atoms with Gasteiger partial charge in [-0.1, -0.05) is 72.3 Å². The third-order valence-corrected chi connectivity index (χ3v) is 4.59. The quantitative estimate of drug-likeness (QED) is 0.402. The minimum absolute atomic E-state index is 0.0176. The van der Waals surface area contributed by atoms with Crippen molar-refractivity contribution in [2.24, 2.45) is 0 Å². The van der Waals surface area contributed by atoms with Crippen molar-refractivity contribution in [3.63, 3.8) is 0 Å². The SMILES string of the molecule is O=C(Cn1c(-c2ccccc2)c(Cl)nc(NCCCO)c1=O)OCc1ccccc1. The number of rotatable bonds is 9. The number of aromatic nitrogens is 2. The van der Waals surface area contributed by atoms with Crippen LogP contribution in [-0.2, 0) is 22.7 Å². The zero-order valence-corrected chi connectivity index (χ0v) is 17.0. The topological polar surface area (TPSA) is 93.5 Å². The number of anilines is 1. The van der Waals surface area contributed by atoms with E-state index in [0.717, 1.165) is 5.56 Å². The largest absolute Gasteiger partial charge is 0.459 e. The molecule has 8 heteroatoms. The average Bonchev–Trinajstić information content (AvgIpc) is 2.77. The highest BCUT2D eigenvalue weighted by atomic mass is 35.5. The Balaban J connectivity index is 1.90. The summed E-state index contributed by atoms with van der Waals surface area (Å²) in [5, 5.41) is 11.9. The van der Waals surface area contributed by atoms with Gasteiger partial charge in [0.1, 0.15) is 13.2 Å². The fourth-order valence-electron chi connectivity index (χ4n) is 2.88. The molecule has 0 spiro atoms. The van der Waals surface area contributed by atoms with Crippen molar-refractivity contribution in [2.45, 2.75) is 19.6 Å². The van der Waals surface area contributed by atoms with Gasteiger partial charge in [-0.05, 0) is 12.0 Å². The first-order chi connectivity index (χ1) is 14.6. The van der Waals surface area contributed by atoms with Crippen molar-refractivity contribution >= 4 is 23.4 Å². The Morgan fingerprint density at radius 1 is 1.10 bits per heavy atom. The molecule has 7 nitrogen and oxygen atoms in total. The second kappa shape index (κ2) is 10.6. The van der Waals surface area contributed by atoms with Crippen LogP contribution >= 0.6 is 11.6 Å². The number of nitrogens with one attached hydrogen (secondary N) is 1. The normalized spacial score (nSPS) is 10.6. The summed E-state index contributed by atoms with van der Waals surface area (Å²) in [6, 6.07) is 18.3. The Morgan fingerprint density at radius 2 is 1.77 bits per heavy atom. The number of carbonyl (C=O) groups is 1. The summed E-state index contributed by atoms with van der Waals surface area (Å²) in [7, 11) is 0. The van der Waals surface area contributed by atoms with Crippen molar-refractivity contribution in [1.82, 2.24) is 9.55 Å². The molecule has 3 rings (SSSR count). The molecule has 0 bridgehead atoms. The first kappa shape index (κ1) is 21.5. The molecule has 3 aromatic rings. The molecule has 156 valence electrons.